The standard InChI is InChI=1S/C29H30N2O5S/c1-17(2)24-11-6-18(3)14-25(24)36-13-12-30-27(32)26(37-29(30)35)16-22-15-19(4)31(20(22)5)23-9-7-21(8-10-23)28(33)34/h6-11,14-17H,12-13H2,1-5H3,(H,33,34)/b26-16-. The van der Waals surface area contributed by atoms with Crippen molar-refractivity contribution in [3.63, 3.8) is 0 Å². The molecule has 0 spiro atoms. The average molecular weight is 519 g/mol. The van der Waals surface area contributed by atoms with Crippen molar-refractivity contribution < 1.29 is 24.2 Å². The first kappa shape index (κ1) is 26.3. The zero-order chi connectivity index (χ0) is 26.9. The van der Waals surface area contributed by atoms with E-state index in [0.717, 1.165) is 51.3 Å². The van der Waals surface area contributed by atoms with E-state index in [1.165, 1.54) is 4.90 Å². The van der Waals surface area contributed by atoms with E-state index in [4.69, 9.17) is 9.84 Å². The van der Waals surface area contributed by atoms with E-state index in [0.29, 0.717) is 10.8 Å². The van der Waals surface area contributed by atoms with E-state index in [1.807, 2.05) is 43.5 Å². The van der Waals surface area contributed by atoms with Gasteiger partial charge >= 0.3 is 5.97 Å². The summed E-state index contributed by atoms with van der Waals surface area (Å²) in [7, 11) is 0. The molecule has 2 heterocycles. The molecule has 0 atom stereocenters. The topological polar surface area (TPSA) is 88.8 Å². The zero-order valence-electron chi connectivity index (χ0n) is 21.6. The minimum Gasteiger partial charge on any atom is -0.491 e. The monoisotopic (exact) mass is 518 g/mol. The lowest BCUT2D eigenvalue weighted by Gasteiger charge is -2.17. The number of aryl methyl sites for hydroxylation is 2. The Hall–Kier alpha value is -3.78. The van der Waals surface area contributed by atoms with Crippen LogP contribution in [0.5, 0.6) is 5.75 Å². The summed E-state index contributed by atoms with van der Waals surface area (Å²) in [6, 6.07) is 14.6. The Morgan fingerprint density at radius 2 is 1.76 bits per heavy atom. The normalized spacial score (nSPS) is 14.8. The van der Waals surface area contributed by atoms with Gasteiger partial charge in [-0.1, -0.05) is 26.0 Å². The van der Waals surface area contributed by atoms with Crippen LogP contribution in [0.1, 0.15) is 58.2 Å². The lowest BCUT2D eigenvalue weighted by molar-refractivity contribution is -0.123. The maximum absolute atomic E-state index is 13.1. The largest absolute Gasteiger partial charge is 0.491 e. The van der Waals surface area contributed by atoms with Crippen LogP contribution >= 0.6 is 11.8 Å². The van der Waals surface area contributed by atoms with Crippen molar-refractivity contribution in [2.45, 2.75) is 40.5 Å². The molecule has 1 N–H and O–H groups in total. The van der Waals surface area contributed by atoms with Gasteiger partial charge in [0.25, 0.3) is 11.1 Å². The molecular formula is C29H30N2O5S. The van der Waals surface area contributed by atoms with Gasteiger partial charge in [-0.25, -0.2) is 4.79 Å². The molecule has 3 aromatic rings. The minimum atomic E-state index is -0.978. The van der Waals surface area contributed by atoms with Crippen LogP contribution < -0.4 is 4.74 Å². The quantitative estimate of drug-likeness (QED) is 0.350. The average Bonchev–Trinajstić information content (AvgIpc) is 3.27. The summed E-state index contributed by atoms with van der Waals surface area (Å²) in [6.45, 7) is 10.4. The van der Waals surface area contributed by atoms with Gasteiger partial charge in [-0.05, 0) is 97.6 Å². The molecule has 0 unspecified atom stereocenters. The van der Waals surface area contributed by atoms with Crippen molar-refractivity contribution in [2.24, 2.45) is 0 Å². The fourth-order valence-electron chi connectivity index (χ4n) is 4.41. The summed E-state index contributed by atoms with van der Waals surface area (Å²) in [5.74, 6) is -0.234. The van der Waals surface area contributed by atoms with E-state index in [9.17, 15) is 14.4 Å². The number of carbonyl (C=O) groups excluding carboxylic acids is 2. The van der Waals surface area contributed by atoms with Gasteiger partial charge in [0.2, 0.25) is 0 Å². The molecule has 7 nitrogen and oxygen atoms in total. The van der Waals surface area contributed by atoms with Crippen LogP contribution in [0.3, 0.4) is 0 Å². The molecule has 1 saturated heterocycles. The number of benzene rings is 2. The van der Waals surface area contributed by atoms with Crippen molar-refractivity contribution in [1.82, 2.24) is 9.47 Å². The van der Waals surface area contributed by atoms with Crippen molar-refractivity contribution in [2.75, 3.05) is 13.2 Å². The van der Waals surface area contributed by atoms with Gasteiger partial charge in [0.15, 0.2) is 0 Å². The zero-order valence-corrected chi connectivity index (χ0v) is 22.4. The molecule has 1 aliphatic heterocycles. The molecule has 1 aromatic heterocycles. The molecule has 1 aliphatic rings. The van der Waals surface area contributed by atoms with Crippen LogP contribution in [-0.4, -0.2) is 44.8 Å². The number of hydrogen-bond acceptors (Lipinski definition) is 5. The highest BCUT2D eigenvalue weighted by molar-refractivity contribution is 8.18. The third kappa shape index (κ3) is 5.49. The fraction of sp³-hybridized carbons (Fsp3) is 0.276. The molecule has 0 aliphatic carbocycles. The molecular weight excluding hydrogens is 488 g/mol. The number of amides is 2. The molecule has 4 rings (SSSR count). The number of carboxylic acids is 1. The maximum atomic E-state index is 13.1. The van der Waals surface area contributed by atoms with Gasteiger partial charge in [-0.2, -0.15) is 0 Å². The lowest BCUT2D eigenvalue weighted by atomic mass is 10.0. The van der Waals surface area contributed by atoms with Gasteiger partial charge < -0.3 is 14.4 Å². The third-order valence-electron chi connectivity index (χ3n) is 6.37. The van der Waals surface area contributed by atoms with Gasteiger partial charge in [-0.15, -0.1) is 0 Å². The number of hydrogen-bond donors (Lipinski definition) is 1. The predicted molar refractivity (Wildman–Crippen MR) is 146 cm³/mol. The maximum Gasteiger partial charge on any atom is 0.335 e. The second-order valence-electron chi connectivity index (χ2n) is 9.39. The lowest BCUT2D eigenvalue weighted by Crippen LogP contribution is -2.32. The van der Waals surface area contributed by atoms with Crippen molar-refractivity contribution >= 4 is 35.0 Å². The number of imide groups is 1. The molecule has 0 bridgehead atoms. The number of aromatic carboxylic acids is 1. The van der Waals surface area contributed by atoms with Crippen LogP contribution in [0.15, 0.2) is 53.4 Å². The molecule has 8 heteroatoms. The second kappa shape index (κ2) is 10.7. The van der Waals surface area contributed by atoms with Crippen LogP contribution in [-0.2, 0) is 4.79 Å². The molecule has 192 valence electrons. The molecule has 0 saturated carbocycles. The summed E-state index contributed by atoms with van der Waals surface area (Å²) in [5, 5.41) is 8.84. The SMILES string of the molecule is Cc1ccc(C(C)C)c(OCCN2C(=O)S/C(=C\c3cc(C)n(-c4ccc(C(=O)O)cc4)c3C)C2=O)c1. The van der Waals surface area contributed by atoms with Crippen molar-refractivity contribution in [3.05, 3.63) is 87.1 Å². The Morgan fingerprint density at radius 1 is 1.05 bits per heavy atom. The minimum absolute atomic E-state index is 0.169. The van der Waals surface area contributed by atoms with E-state index >= 15 is 0 Å². The van der Waals surface area contributed by atoms with Gasteiger partial charge in [-0.3, -0.25) is 14.5 Å². The highest BCUT2D eigenvalue weighted by Gasteiger charge is 2.35. The number of rotatable bonds is 8. The highest BCUT2D eigenvalue weighted by Crippen LogP contribution is 2.34. The number of carbonyl (C=O) groups is 3. The number of nitrogens with zero attached hydrogens (tertiary/aromatic N) is 2. The Balaban J connectivity index is 1.49. The Labute approximate surface area is 220 Å². The Morgan fingerprint density at radius 3 is 2.41 bits per heavy atom. The van der Waals surface area contributed by atoms with Gasteiger partial charge in [0.05, 0.1) is 17.0 Å². The first-order valence-electron chi connectivity index (χ1n) is 12.1. The summed E-state index contributed by atoms with van der Waals surface area (Å²) >= 11 is 0.927. The van der Waals surface area contributed by atoms with Crippen LogP contribution in [0.2, 0.25) is 0 Å². The highest BCUT2D eigenvalue weighted by atomic mass is 32.2. The summed E-state index contributed by atoms with van der Waals surface area (Å²) in [5.41, 5.74) is 5.85. The third-order valence-corrected chi connectivity index (χ3v) is 7.27. The Kier molecular flexibility index (Phi) is 7.59. The predicted octanol–water partition coefficient (Wildman–Crippen LogP) is 6.34. The summed E-state index contributed by atoms with van der Waals surface area (Å²) in [6.07, 6.45) is 1.74. The number of aromatic nitrogens is 1. The molecule has 0 radical (unpaired) electrons. The molecule has 2 aromatic carbocycles. The van der Waals surface area contributed by atoms with E-state index < -0.39 is 5.97 Å². The Bertz CT molecular complexity index is 1400. The second-order valence-corrected chi connectivity index (χ2v) is 10.4. The van der Waals surface area contributed by atoms with Crippen molar-refractivity contribution in [1.29, 1.82) is 0 Å². The first-order chi connectivity index (χ1) is 17.6. The van der Waals surface area contributed by atoms with E-state index in [-0.39, 0.29) is 29.9 Å². The number of ether oxygens (including phenoxy) is 1. The van der Waals surface area contributed by atoms with E-state index in [1.54, 1.807) is 30.3 Å². The number of carboxylic acid groups (broad SMARTS) is 1. The summed E-state index contributed by atoms with van der Waals surface area (Å²) in [4.78, 5) is 38.5. The summed E-state index contributed by atoms with van der Waals surface area (Å²) < 4.78 is 7.98. The van der Waals surface area contributed by atoms with Crippen LogP contribution in [0, 0.1) is 20.8 Å². The van der Waals surface area contributed by atoms with Crippen molar-refractivity contribution in [3.8, 4) is 11.4 Å². The van der Waals surface area contributed by atoms with Gasteiger partial charge in [0.1, 0.15) is 12.4 Å². The molecule has 37 heavy (non-hydrogen) atoms. The first-order valence-corrected chi connectivity index (χ1v) is 12.9. The molecule has 2 amide bonds. The smallest absolute Gasteiger partial charge is 0.335 e. The van der Waals surface area contributed by atoms with Gasteiger partial charge in [0, 0.05) is 17.1 Å². The van der Waals surface area contributed by atoms with E-state index in [2.05, 4.69) is 19.9 Å². The number of thioether (sulfide) groups is 1. The fourth-order valence-corrected chi connectivity index (χ4v) is 5.26. The van der Waals surface area contributed by atoms with Crippen LogP contribution in [0.4, 0.5) is 4.79 Å². The molecule has 1 fully saturated rings. The van der Waals surface area contributed by atoms with Crippen LogP contribution in [0.25, 0.3) is 11.8 Å².